The molecule has 1 heterocycles. The van der Waals surface area contributed by atoms with Gasteiger partial charge in [-0.15, -0.1) is 12.4 Å². The minimum Gasteiger partial charge on any atom is -0.480 e. The number of carbonyl (C=O) groups is 1. The van der Waals surface area contributed by atoms with E-state index >= 15 is 0 Å². The third-order valence-corrected chi connectivity index (χ3v) is 3.98. The van der Waals surface area contributed by atoms with Crippen molar-refractivity contribution in [3.05, 3.63) is 35.4 Å². The van der Waals surface area contributed by atoms with E-state index in [4.69, 9.17) is 0 Å². The normalized spacial score (nSPS) is 22.4. The minimum atomic E-state index is -0.761. The molecule has 0 bridgehead atoms. The Hall–Kier alpha value is -1.06. The first-order chi connectivity index (χ1) is 8.83. The van der Waals surface area contributed by atoms with E-state index in [9.17, 15) is 9.90 Å². The highest BCUT2D eigenvalue weighted by Gasteiger charge is 2.40. The zero-order chi connectivity index (χ0) is 14.1. The van der Waals surface area contributed by atoms with Gasteiger partial charge in [-0.3, -0.25) is 4.79 Å². The summed E-state index contributed by atoms with van der Waals surface area (Å²) in [6.07, 6.45) is 2.21. The average Bonchev–Trinajstić information content (AvgIpc) is 2.78. The molecule has 1 aromatic rings. The Kier molecular flexibility index (Phi) is 5.22. The molecule has 0 spiro atoms. The molecular formula is C16H24ClNO2. The lowest BCUT2D eigenvalue weighted by Gasteiger charge is -2.25. The van der Waals surface area contributed by atoms with E-state index in [-0.39, 0.29) is 17.8 Å². The van der Waals surface area contributed by atoms with E-state index in [0.717, 1.165) is 18.5 Å². The number of aliphatic carboxylic acids is 1. The number of carboxylic acid groups (broad SMARTS) is 1. The van der Waals surface area contributed by atoms with E-state index in [1.165, 1.54) is 5.56 Å². The fourth-order valence-corrected chi connectivity index (χ4v) is 2.69. The van der Waals surface area contributed by atoms with Crippen LogP contribution in [0, 0.1) is 0 Å². The van der Waals surface area contributed by atoms with Gasteiger partial charge in [0.15, 0.2) is 0 Å². The van der Waals surface area contributed by atoms with Gasteiger partial charge >= 0.3 is 5.97 Å². The first kappa shape index (κ1) is 17.0. The lowest BCUT2D eigenvalue weighted by atomic mass is 9.84. The molecule has 1 saturated heterocycles. The van der Waals surface area contributed by atoms with Crippen LogP contribution in [0.25, 0.3) is 0 Å². The molecule has 1 aliphatic heterocycles. The number of benzene rings is 1. The summed E-state index contributed by atoms with van der Waals surface area (Å²) >= 11 is 0. The van der Waals surface area contributed by atoms with Crippen molar-refractivity contribution in [2.75, 3.05) is 6.54 Å². The highest BCUT2D eigenvalue weighted by molar-refractivity contribution is 5.85. The van der Waals surface area contributed by atoms with Gasteiger partial charge in [-0.05, 0) is 35.9 Å². The predicted molar refractivity (Wildman–Crippen MR) is 83.7 cm³/mol. The second-order valence-corrected chi connectivity index (χ2v) is 6.54. The van der Waals surface area contributed by atoms with Gasteiger partial charge in [0.1, 0.15) is 5.54 Å². The molecule has 0 aliphatic carbocycles. The second-order valence-electron chi connectivity index (χ2n) is 6.54. The first-order valence-corrected chi connectivity index (χ1v) is 6.91. The molecule has 1 aliphatic rings. The summed E-state index contributed by atoms with van der Waals surface area (Å²) in [5, 5.41) is 12.6. The Morgan fingerprint density at radius 1 is 1.30 bits per heavy atom. The molecular weight excluding hydrogens is 274 g/mol. The molecule has 1 atom stereocenters. The summed E-state index contributed by atoms with van der Waals surface area (Å²) in [4.78, 5) is 11.5. The molecule has 0 radical (unpaired) electrons. The van der Waals surface area contributed by atoms with Crippen molar-refractivity contribution in [1.29, 1.82) is 0 Å². The molecule has 1 aromatic carbocycles. The highest BCUT2D eigenvalue weighted by Crippen LogP contribution is 2.27. The summed E-state index contributed by atoms with van der Waals surface area (Å²) in [5.74, 6) is -0.732. The van der Waals surface area contributed by atoms with Crippen molar-refractivity contribution in [1.82, 2.24) is 5.32 Å². The summed E-state index contributed by atoms with van der Waals surface area (Å²) in [7, 11) is 0. The Morgan fingerprint density at radius 2 is 1.90 bits per heavy atom. The summed E-state index contributed by atoms with van der Waals surface area (Å²) < 4.78 is 0. The van der Waals surface area contributed by atoms with E-state index < -0.39 is 11.5 Å². The van der Waals surface area contributed by atoms with Crippen LogP contribution >= 0.6 is 12.4 Å². The van der Waals surface area contributed by atoms with E-state index in [1.54, 1.807) is 0 Å². The van der Waals surface area contributed by atoms with Crippen LogP contribution in [-0.2, 0) is 16.6 Å². The minimum absolute atomic E-state index is 0. The van der Waals surface area contributed by atoms with Gasteiger partial charge < -0.3 is 10.4 Å². The Bertz CT molecular complexity index is 456. The number of rotatable bonds is 3. The number of hydrogen-bond acceptors (Lipinski definition) is 2. The fourth-order valence-electron chi connectivity index (χ4n) is 2.69. The molecule has 0 amide bonds. The Labute approximate surface area is 127 Å². The second kappa shape index (κ2) is 6.15. The van der Waals surface area contributed by atoms with Gasteiger partial charge in [0.25, 0.3) is 0 Å². The fraction of sp³-hybridized carbons (Fsp3) is 0.562. The van der Waals surface area contributed by atoms with Crippen LogP contribution in [0.3, 0.4) is 0 Å². The van der Waals surface area contributed by atoms with E-state index in [2.05, 4.69) is 50.4 Å². The molecule has 20 heavy (non-hydrogen) atoms. The molecule has 0 aromatic heterocycles. The van der Waals surface area contributed by atoms with Crippen molar-refractivity contribution in [2.24, 2.45) is 0 Å². The number of nitrogens with one attached hydrogen (secondary N) is 1. The number of carboxylic acids is 1. The van der Waals surface area contributed by atoms with Gasteiger partial charge in [-0.2, -0.15) is 0 Å². The average molecular weight is 298 g/mol. The SMILES string of the molecule is CC(C)(C)c1ccc(C[C@@]2(C(=O)O)CCCN2)cc1.Cl. The largest absolute Gasteiger partial charge is 0.480 e. The van der Waals surface area contributed by atoms with Gasteiger partial charge in [0.2, 0.25) is 0 Å². The third-order valence-electron chi connectivity index (χ3n) is 3.98. The van der Waals surface area contributed by atoms with Crippen LogP contribution in [-0.4, -0.2) is 23.2 Å². The van der Waals surface area contributed by atoms with Gasteiger partial charge in [0, 0.05) is 6.42 Å². The zero-order valence-corrected chi connectivity index (χ0v) is 13.2. The van der Waals surface area contributed by atoms with Gasteiger partial charge in [-0.1, -0.05) is 45.0 Å². The highest BCUT2D eigenvalue weighted by atomic mass is 35.5. The van der Waals surface area contributed by atoms with Crippen molar-refractivity contribution in [3.8, 4) is 0 Å². The summed E-state index contributed by atoms with van der Waals surface area (Å²) in [5.41, 5.74) is 1.74. The predicted octanol–water partition coefficient (Wildman–Crippen LogP) is 3.16. The van der Waals surface area contributed by atoms with E-state index in [1.807, 2.05) is 0 Å². The van der Waals surface area contributed by atoms with Crippen molar-refractivity contribution in [3.63, 3.8) is 0 Å². The van der Waals surface area contributed by atoms with Crippen LogP contribution in [0.4, 0.5) is 0 Å². The number of hydrogen-bond donors (Lipinski definition) is 2. The van der Waals surface area contributed by atoms with Gasteiger partial charge in [0.05, 0.1) is 0 Å². The lowest BCUT2D eigenvalue weighted by molar-refractivity contribution is -0.144. The lowest BCUT2D eigenvalue weighted by Crippen LogP contribution is -2.49. The Morgan fingerprint density at radius 3 is 2.30 bits per heavy atom. The maximum Gasteiger partial charge on any atom is 0.324 e. The van der Waals surface area contributed by atoms with Crippen LogP contribution in [0.15, 0.2) is 24.3 Å². The van der Waals surface area contributed by atoms with E-state index in [0.29, 0.717) is 12.8 Å². The molecule has 0 saturated carbocycles. The van der Waals surface area contributed by atoms with Crippen molar-refractivity contribution >= 4 is 18.4 Å². The summed E-state index contributed by atoms with van der Waals surface area (Å²) in [6, 6.07) is 8.34. The van der Waals surface area contributed by atoms with Crippen LogP contribution < -0.4 is 5.32 Å². The molecule has 112 valence electrons. The molecule has 3 nitrogen and oxygen atoms in total. The molecule has 2 rings (SSSR count). The van der Waals surface area contributed by atoms with Crippen LogP contribution in [0.2, 0.25) is 0 Å². The first-order valence-electron chi connectivity index (χ1n) is 6.91. The molecule has 1 fully saturated rings. The van der Waals surface area contributed by atoms with Crippen molar-refractivity contribution in [2.45, 2.75) is 51.0 Å². The smallest absolute Gasteiger partial charge is 0.324 e. The molecule has 0 unspecified atom stereocenters. The van der Waals surface area contributed by atoms with Crippen molar-refractivity contribution < 1.29 is 9.90 Å². The maximum absolute atomic E-state index is 11.5. The standard InChI is InChI=1S/C16H23NO2.ClH/c1-15(2,3)13-7-5-12(6-8-13)11-16(14(18)19)9-4-10-17-16;/h5-8,17H,4,9-11H2,1-3H3,(H,18,19);1H/t16-;/m1./s1. The number of halogens is 1. The molecule has 4 heteroatoms. The van der Waals surface area contributed by atoms with Crippen LogP contribution in [0.1, 0.15) is 44.7 Å². The topological polar surface area (TPSA) is 49.3 Å². The monoisotopic (exact) mass is 297 g/mol. The molecule has 2 N–H and O–H groups in total. The quantitative estimate of drug-likeness (QED) is 0.901. The Balaban J connectivity index is 0.00000200. The summed E-state index contributed by atoms with van der Waals surface area (Å²) in [6.45, 7) is 7.34. The third kappa shape index (κ3) is 3.53. The van der Waals surface area contributed by atoms with Gasteiger partial charge in [-0.25, -0.2) is 0 Å². The zero-order valence-electron chi connectivity index (χ0n) is 12.4. The maximum atomic E-state index is 11.5. The van der Waals surface area contributed by atoms with Crippen LogP contribution in [0.5, 0.6) is 0 Å².